The van der Waals surface area contributed by atoms with Crippen LogP contribution < -0.4 is 5.32 Å². The highest BCUT2D eigenvalue weighted by molar-refractivity contribution is 7.13. The quantitative estimate of drug-likeness (QED) is 0.859. The largest absolute Gasteiger partial charge is 0.388 e. The van der Waals surface area contributed by atoms with Gasteiger partial charge in [-0.2, -0.15) is 0 Å². The lowest BCUT2D eigenvalue weighted by Gasteiger charge is -2.11. The summed E-state index contributed by atoms with van der Waals surface area (Å²) in [6, 6.07) is 9.45. The molecule has 1 heterocycles. The standard InChI is InChI=1S/C15H18N2O2S/c1-2-14-17-10-13(20-14)15(19)16-9-8-12(18)11-6-4-3-5-7-11/h3-7,10,12,18H,2,8-9H2,1H3,(H,16,19). The molecule has 1 unspecified atom stereocenters. The molecular formula is C15H18N2O2S. The van der Waals surface area contributed by atoms with E-state index in [0.29, 0.717) is 17.8 Å². The van der Waals surface area contributed by atoms with Gasteiger partial charge < -0.3 is 10.4 Å². The van der Waals surface area contributed by atoms with E-state index in [1.807, 2.05) is 37.3 Å². The van der Waals surface area contributed by atoms with Gasteiger partial charge in [-0.15, -0.1) is 11.3 Å². The molecule has 0 fully saturated rings. The van der Waals surface area contributed by atoms with E-state index in [-0.39, 0.29) is 5.91 Å². The van der Waals surface area contributed by atoms with E-state index in [9.17, 15) is 9.90 Å². The number of carbonyl (C=O) groups excluding carboxylic acids is 1. The minimum atomic E-state index is -0.552. The Labute approximate surface area is 122 Å². The van der Waals surface area contributed by atoms with Crippen LogP contribution in [0, 0.1) is 0 Å². The molecule has 0 bridgehead atoms. The van der Waals surface area contributed by atoms with Gasteiger partial charge in [-0.25, -0.2) is 4.98 Å². The number of rotatable bonds is 6. The van der Waals surface area contributed by atoms with Crippen LogP contribution in [0.4, 0.5) is 0 Å². The summed E-state index contributed by atoms with van der Waals surface area (Å²) in [6.07, 6.45) is 2.39. The van der Waals surface area contributed by atoms with Gasteiger partial charge in [0.1, 0.15) is 4.88 Å². The highest BCUT2D eigenvalue weighted by Crippen LogP contribution is 2.16. The van der Waals surface area contributed by atoms with Crippen LogP contribution in [0.25, 0.3) is 0 Å². The average Bonchev–Trinajstić information content (AvgIpc) is 2.97. The van der Waals surface area contributed by atoms with Crippen molar-refractivity contribution in [2.75, 3.05) is 6.54 Å². The highest BCUT2D eigenvalue weighted by atomic mass is 32.1. The van der Waals surface area contributed by atoms with Gasteiger partial charge in [0.2, 0.25) is 0 Å². The van der Waals surface area contributed by atoms with E-state index in [1.165, 1.54) is 11.3 Å². The maximum atomic E-state index is 11.9. The van der Waals surface area contributed by atoms with Crippen molar-refractivity contribution >= 4 is 17.2 Å². The molecule has 0 radical (unpaired) electrons. The molecule has 20 heavy (non-hydrogen) atoms. The lowest BCUT2D eigenvalue weighted by atomic mass is 10.1. The van der Waals surface area contributed by atoms with Gasteiger partial charge in [0.05, 0.1) is 17.3 Å². The van der Waals surface area contributed by atoms with Crippen LogP contribution in [0.2, 0.25) is 0 Å². The number of nitrogens with zero attached hydrogens (tertiary/aromatic N) is 1. The molecule has 2 rings (SSSR count). The Kier molecular flexibility index (Phi) is 5.26. The van der Waals surface area contributed by atoms with Gasteiger partial charge in [0.15, 0.2) is 0 Å². The second-order valence-electron chi connectivity index (χ2n) is 4.44. The van der Waals surface area contributed by atoms with Crippen LogP contribution in [-0.4, -0.2) is 22.5 Å². The second kappa shape index (κ2) is 7.17. The molecule has 0 spiro atoms. The molecule has 1 amide bonds. The highest BCUT2D eigenvalue weighted by Gasteiger charge is 2.11. The topological polar surface area (TPSA) is 62.2 Å². The number of carbonyl (C=O) groups is 1. The zero-order chi connectivity index (χ0) is 14.4. The van der Waals surface area contributed by atoms with Crippen molar-refractivity contribution in [2.24, 2.45) is 0 Å². The Balaban J connectivity index is 1.79. The zero-order valence-corrected chi connectivity index (χ0v) is 12.2. The van der Waals surface area contributed by atoms with E-state index in [1.54, 1.807) is 6.20 Å². The molecule has 4 nitrogen and oxygen atoms in total. The SMILES string of the molecule is CCc1ncc(C(=O)NCCC(O)c2ccccc2)s1. The number of thiazole rings is 1. The molecule has 0 saturated carbocycles. The first-order valence-electron chi connectivity index (χ1n) is 6.66. The summed E-state index contributed by atoms with van der Waals surface area (Å²) < 4.78 is 0. The third-order valence-electron chi connectivity index (χ3n) is 2.97. The maximum absolute atomic E-state index is 11.9. The summed E-state index contributed by atoms with van der Waals surface area (Å²) in [5.41, 5.74) is 0.868. The Morgan fingerprint density at radius 1 is 1.40 bits per heavy atom. The first-order chi connectivity index (χ1) is 9.70. The molecule has 5 heteroatoms. The molecule has 2 aromatic rings. The Morgan fingerprint density at radius 3 is 2.80 bits per heavy atom. The molecule has 1 aromatic carbocycles. The molecule has 2 N–H and O–H groups in total. The fraction of sp³-hybridized carbons (Fsp3) is 0.333. The first-order valence-corrected chi connectivity index (χ1v) is 7.48. The van der Waals surface area contributed by atoms with E-state index in [4.69, 9.17) is 0 Å². The molecule has 1 aromatic heterocycles. The van der Waals surface area contributed by atoms with E-state index in [2.05, 4.69) is 10.3 Å². The number of amides is 1. The maximum Gasteiger partial charge on any atom is 0.263 e. The smallest absolute Gasteiger partial charge is 0.263 e. The van der Waals surface area contributed by atoms with Gasteiger partial charge in [-0.1, -0.05) is 37.3 Å². The van der Waals surface area contributed by atoms with Gasteiger partial charge in [-0.3, -0.25) is 4.79 Å². The number of nitrogens with one attached hydrogen (secondary N) is 1. The van der Waals surface area contributed by atoms with Gasteiger partial charge >= 0.3 is 0 Å². The van der Waals surface area contributed by atoms with Gasteiger partial charge in [0, 0.05) is 6.54 Å². The summed E-state index contributed by atoms with van der Waals surface area (Å²) in [4.78, 5) is 16.6. The monoisotopic (exact) mass is 290 g/mol. The summed E-state index contributed by atoms with van der Waals surface area (Å²) >= 11 is 1.41. The van der Waals surface area contributed by atoms with Crippen molar-refractivity contribution in [2.45, 2.75) is 25.9 Å². The van der Waals surface area contributed by atoms with Gasteiger partial charge in [-0.05, 0) is 18.4 Å². The minimum Gasteiger partial charge on any atom is -0.388 e. The van der Waals surface area contributed by atoms with Gasteiger partial charge in [0.25, 0.3) is 5.91 Å². The number of benzene rings is 1. The second-order valence-corrected chi connectivity index (χ2v) is 5.56. The number of aliphatic hydroxyl groups excluding tert-OH is 1. The number of aryl methyl sites for hydroxylation is 1. The predicted molar refractivity (Wildman–Crippen MR) is 79.8 cm³/mol. The molecular weight excluding hydrogens is 272 g/mol. The number of hydrogen-bond donors (Lipinski definition) is 2. The number of hydrogen-bond acceptors (Lipinski definition) is 4. The molecule has 1 atom stereocenters. The van der Waals surface area contributed by atoms with E-state index >= 15 is 0 Å². The zero-order valence-electron chi connectivity index (χ0n) is 11.4. The summed E-state index contributed by atoms with van der Waals surface area (Å²) in [5, 5.41) is 13.8. The van der Waals surface area contributed by atoms with Crippen LogP contribution in [-0.2, 0) is 6.42 Å². The van der Waals surface area contributed by atoms with Crippen LogP contribution in [0.1, 0.15) is 39.7 Å². The molecule has 0 aliphatic rings. The Hall–Kier alpha value is -1.72. The fourth-order valence-electron chi connectivity index (χ4n) is 1.83. The van der Waals surface area contributed by atoms with Crippen molar-refractivity contribution < 1.29 is 9.90 Å². The molecule has 0 aliphatic heterocycles. The van der Waals surface area contributed by atoms with E-state index < -0.39 is 6.10 Å². The third-order valence-corrected chi connectivity index (χ3v) is 4.11. The average molecular weight is 290 g/mol. The van der Waals surface area contributed by atoms with E-state index in [0.717, 1.165) is 17.0 Å². The van der Waals surface area contributed by atoms with Crippen molar-refractivity contribution in [3.8, 4) is 0 Å². The Morgan fingerprint density at radius 2 is 2.15 bits per heavy atom. The third kappa shape index (κ3) is 3.88. The lowest BCUT2D eigenvalue weighted by Crippen LogP contribution is -2.24. The van der Waals surface area contributed by atoms with Crippen molar-refractivity contribution in [1.29, 1.82) is 0 Å². The minimum absolute atomic E-state index is 0.123. The van der Waals surface area contributed by atoms with Crippen LogP contribution >= 0.6 is 11.3 Å². The predicted octanol–water partition coefficient (Wildman–Crippen LogP) is 2.56. The van der Waals surface area contributed by atoms with Crippen LogP contribution in [0.5, 0.6) is 0 Å². The first kappa shape index (κ1) is 14.7. The van der Waals surface area contributed by atoms with Crippen LogP contribution in [0.3, 0.4) is 0 Å². The summed E-state index contributed by atoms with van der Waals surface area (Å²) in [5.74, 6) is -0.123. The number of aromatic nitrogens is 1. The van der Waals surface area contributed by atoms with Crippen molar-refractivity contribution in [3.63, 3.8) is 0 Å². The molecule has 0 saturated heterocycles. The summed E-state index contributed by atoms with van der Waals surface area (Å²) in [7, 11) is 0. The van der Waals surface area contributed by atoms with Crippen LogP contribution in [0.15, 0.2) is 36.5 Å². The van der Waals surface area contributed by atoms with Crippen molar-refractivity contribution in [3.05, 3.63) is 52.0 Å². The molecule has 0 aliphatic carbocycles. The summed E-state index contributed by atoms with van der Waals surface area (Å²) in [6.45, 7) is 2.45. The number of aliphatic hydroxyl groups is 1. The Bertz CT molecular complexity index is 554. The normalized spacial score (nSPS) is 12.1. The van der Waals surface area contributed by atoms with Crippen molar-refractivity contribution in [1.82, 2.24) is 10.3 Å². The lowest BCUT2D eigenvalue weighted by molar-refractivity contribution is 0.0946. The molecule has 106 valence electrons. The fourth-order valence-corrected chi connectivity index (χ4v) is 2.60.